The standard InChI is InChI=1S/C14H18N2O3S/c1-3-20(17,18)16(10-13-6-4-5-9-15-13)11-14-8-7-12(2)19-14/h4-9H,3,10-11H2,1-2H3. The van der Waals surface area contributed by atoms with Crippen molar-refractivity contribution in [1.29, 1.82) is 0 Å². The van der Waals surface area contributed by atoms with Crippen LogP contribution < -0.4 is 0 Å². The minimum atomic E-state index is -3.31. The third kappa shape index (κ3) is 3.68. The molecule has 0 unspecified atom stereocenters. The first-order valence-corrected chi connectivity index (χ1v) is 8.05. The van der Waals surface area contributed by atoms with Crippen molar-refractivity contribution in [3.63, 3.8) is 0 Å². The number of aromatic nitrogens is 1. The Hall–Kier alpha value is -1.66. The number of furan rings is 1. The second-order valence-electron chi connectivity index (χ2n) is 4.50. The molecule has 0 saturated carbocycles. The highest BCUT2D eigenvalue weighted by Crippen LogP contribution is 2.15. The molecule has 0 spiro atoms. The summed E-state index contributed by atoms with van der Waals surface area (Å²) in [5, 5.41) is 0. The highest BCUT2D eigenvalue weighted by Gasteiger charge is 2.22. The molecule has 6 heteroatoms. The van der Waals surface area contributed by atoms with E-state index in [1.54, 1.807) is 25.3 Å². The number of nitrogens with zero attached hydrogens (tertiary/aromatic N) is 2. The van der Waals surface area contributed by atoms with E-state index in [1.165, 1.54) is 4.31 Å². The van der Waals surface area contributed by atoms with Gasteiger partial charge in [0.1, 0.15) is 11.5 Å². The third-order valence-corrected chi connectivity index (χ3v) is 4.73. The van der Waals surface area contributed by atoms with Crippen LogP contribution in [-0.4, -0.2) is 23.5 Å². The van der Waals surface area contributed by atoms with E-state index in [-0.39, 0.29) is 18.8 Å². The second kappa shape index (κ2) is 6.19. The lowest BCUT2D eigenvalue weighted by Crippen LogP contribution is -2.31. The Balaban J connectivity index is 2.21. The van der Waals surface area contributed by atoms with Crippen LogP contribution in [0.1, 0.15) is 24.1 Å². The Labute approximate surface area is 119 Å². The molecule has 0 radical (unpaired) electrons. The van der Waals surface area contributed by atoms with Crippen molar-refractivity contribution >= 4 is 10.0 Å². The Morgan fingerprint density at radius 2 is 2.00 bits per heavy atom. The van der Waals surface area contributed by atoms with Gasteiger partial charge in [-0.1, -0.05) is 6.07 Å². The van der Waals surface area contributed by atoms with Gasteiger partial charge in [-0.2, -0.15) is 4.31 Å². The number of hydrogen-bond donors (Lipinski definition) is 0. The fourth-order valence-electron chi connectivity index (χ4n) is 1.85. The van der Waals surface area contributed by atoms with Crippen LogP contribution in [0.5, 0.6) is 0 Å². The zero-order valence-electron chi connectivity index (χ0n) is 11.6. The van der Waals surface area contributed by atoms with Gasteiger partial charge in [0.25, 0.3) is 0 Å². The van der Waals surface area contributed by atoms with Crippen molar-refractivity contribution < 1.29 is 12.8 Å². The van der Waals surface area contributed by atoms with E-state index in [0.717, 1.165) is 5.76 Å². The molecular weight excluding hydrogens is 276 g/mol. The quantitative estimate of drug-likeness (QED) is 0.820. The lowest BCUT2D eigenvalue weighted by atomic mass is 10.3. The molecule has 0 aliphatic heterocycles. The van der Waals surface area contributed by atoms with Crippen LogP contribution in [0.25, 0.3) is 0 Å². The molecule has 0 bridgehead atoms. The molecule has 5 nitrogen and oxygen atoms in total. The summed E-state index contributed by atoms with van der Waals surface area (Å²) in [6.45, 7) is 3.94. The van der Waals surface area contributed by atoms with E-state index in [9.17, 15) is 8.42 Å². The van der Waals surface area contributed by atoms with Gasteiger partial charge in [0.2, 0.25) is 10.0 Å². The molecule has 0 N–H and O–H groups in total. The van der Waals surface area contributed by atoms with E-state index in [0.29, 0.717) is 11.5 Å². The molecule has 0 atom stereocenters. The van der Waals surface area contributed by atoms with E-state index < -0.39 is 10.0 Å². The van der Waals surface area contributed by atoms with Crippen LogP contribution in [0.3, 0.4) is 0 Å². The van der Waals surface area contributed by atoms with Gasteiger partial charge in [0.15, 0.2) is 0 Å². The van der Waals surface area contributed by atoms with E-state index in [4.69, 9.17) is 4.42 Å². The summed E-state index contributed by atoms with van der Waals surface area (Å²) in [7, 11) is -3.31. The summed E-state index contributed by atoms with van der Waals surface area (Å²) in [6, 6.07) is 9.08. The first kappa shape index (κ1) is 14.7. The van der Waals surface area contributed by atoms with Crippen LogP contribution in [0, 0.1) is 6.92 Å². The highest BCUT2D eigenvalue weighted by atomic mass is 32.2. The molecule has 2 rings (SSSR count). The Morgan fingerprint density at radius 1 is 1.20 bits per heavy atom. The summed E-state index contributed by atoms with van der Waals surface area (Å²) in [4.78, 5) is 4.18. The number of sulfonamides is 1. The molecule has 0 saturated heterocycles. The predicted octanol–water partition coefficient (Wildman–Crippen LogP) is 2.33. The molecule has 0 amide bonds. The number of pyridine rings is 1. The van der Waals surface area contributed by atoms with Gasteiger partial charge in [0, 0.05) is 6.20 Å². The molecule has 2 aromatic heterocycles. The van der Waals surface area contributed by atoms with Crippen molar-refractivity contribution in [3.05, 3.63) is 53.7 Å². The molecule has 20 heavy (non-hydrogen) atoms. The fraction of sp³-hybridized carbons (Fsp3) is 0.357. The van der Waals surface area contributed by atoms with Crippen molar-refractivity contribution in [2.45, 2.75) is 26.9 Å². The average molecular weight is 294 g/mol. The third-order valence-electron chi connectivity index (χ3n) is 2.95. The fourth-order valence-corrected chi connectivity index (χ4v) is 2.87. The van der Waals surface area contributed by atoms with Gasteiger partial charge >= 0.3 is 0 Å². The monoisotopic (exact) mass is 294 g/mol. The van der Waals surface area contributed by atoms with Gasteiger partial charge in [-0.05, 0) is 38.1 Å². The number of aryl methyl sites for hydroxylation is 1. The van der Waals surface area contributed by atoms with Crippen LogP contribution >= 0.6 is 0 Å². The molecule has 0 aliphatic carbocycles. The predicted molar refractivity (Wildman–Crippen MR) is 76.4 cm³/mol. The summed E-state index contributed by atoms with van der Waals surface area (Å²) in [5.41, 5.74) is 0.716. The Morgan fingerprint density at radius 3 is 2.55 bits per heavy atom. The zero-order valence-corrected chi connectivity index (χ0v) is 12.4. The second-order valence-corrected chi connectivity index (χ2v) is 6.76. The molecule has 108 valence electrons. The van der Waals surface area contributed by atoms with Gasteiger partial charge in [0.05, 0.1) is 24.5 Å². The van der Waals surface area contributed by atoms with Gasteiger partial charge < -0.3 is 4.42 Å². The van der Waals surface area contributed by atoms with Crippen LogP contribution in [-0.2, 0) is 23.1 Å². The summed E-state index contributed by atoms with van der Waals surface area (Å²) in [6.07, 6.45) is 1.66. The lowest BCUT2D eigenvalue weighted by molar-refractivity contribution is 0.351. The van der Waals surface area contributed by atoms with E-state index >= 15 is 0 Å². The maximum Gasteiger partial charge on any atom is 0.214 e. The van der Waals surface area contributed by atoms with Crippen molar-refractivity contribution in [2.24, 2.45) is 0 Å². The van der Waals surface area contributed by atoms with E-state index in [2.05, 4.69) is 4.98 Å². The molecule has 0 aliphatic rings. The van der Waals surface area contributed by atoms with Crippen LogP contribution in [0.2, 0.25) is 0 Å². The first-order chi connectivity index (χ1) is 9.51. The highest BCUT2D eigenvalue weighted by molar-refractivity contribution is 7.89. The summed E-state index contributed by atoms with van der Waals surface area (Å²) >= 11 is 0. The smallest absolute Gasteiger partial charge is 0.214 e. The average Bonchev–Trinajstić information content (AvgIpc) is 2.85. The minimum absolute atomic E-state index is 0.0551. The number of hydrogen-bond acceptors (Lipinski definition) is 4. The molecule has 2 aromatic rings. The SMILES string of the molecule is CCS(=O)(=O)N(Cc1ccccn1)Cc1ccc(C)o1. The van der Waals surface area contributed by atoms with Gasteiger partial charge in [-0.25, -0.2) is 8.42 Å². The van der Waals surface area contributed by atoms with Crippen LogP contribution in [0.4, 0.5) is 0 Å². The largest absolute Gasteiger partial charge is 0.465 e. The van der Waals surface area contributed by atoms with Gasteiger partial charge in [-0.3, -0.25) is 4.98 Å². The van der Waals surface area contributed by atoms with Crippen molar-refractivity contribution in [3.8, 4) is 0 Å². The van der Waals surface area contributed by atoms with E-state index in [1.807, 2.05) is 25.1 Å². The maximum absolute atomic E-state index is 12.2. The van der Waals surface area contributed by atoms with Crippen LogP contribution in [0.15, 0.2) is 40.9 Å². The molecule has 0 aromatic carbocycles. The summed E-state index contributed by atoms with van der Waals surface area (Å²) in [5.74, 6) is 1.46. The Kier molecular flexibility index (Phi) is 4.57. The maximum atomic E-state index is 12.2. The normalized spacial score (nSPS) is 11.9. The zero-order chi connectivity index (χ0) is 14.6. The number of rotatable bonds is 6. The van der Waals surface area contributed by atoms with Gasteiger partial charge in [-0.15, -0.1) is 0 Å². The molecule has 2 heterocycles. The summed E-state index contributed by atoms with van der Waals surface area (Å²) < 4.78 is 31.2. The van der Waals surface area contributed by atoms with Crippen molar-refractivity contribution in [2.75, 3.05) is 5.75 Å². The Bertz CT molecular complexity index is 650. The lowest BCUT2D eigenvalue weighted by Gasteiger charge is -2.19. The first-order valence-electron chi connectivity index (χ1n) is 6.44. The topological polar surface area (TPSA) is 63.4 Å². The molecular formula is C14H18N2O3S. The minimum Gasteiger partial charge on any atom is -0.465 e. The van der Waals surface area contributed by atoms with Crippen molar-refractivity contribution in [1.82, 2.24) is 9.29 Å². The molecule has 0 fully saturated rings.